The zero-order chi connectivity index (χ0) is 23.2. The molecule has 1 fully saturated rings. The summed E-state index contributed by atoms with van der Waals surface area (Å²) in [5, 5.41) is 10.8. The molecule has 1 N–H and O–H groups in total. The minimum atomic E-state index is -0.718. The highest BCUT2D eigenvalue weighted by Crippen LogP contribution is 2.40. The molecule has 176 valence electrons. The average molecular weight is 455 g/mol. The van der Waals surface area contributed by atoms with Crippen LogP contribution in [0.4, 0.5) is 0 Å². The fourth-order valence-electron chi connectivity index (χ4n) is 4.29. The third kappa shape index (κ3) is 5.12. The maximum atomic E-state index is 13.2. The van der Waals surface area contributed by atoms with Gasteiger partial charge in [-0.15, -0.1) is 0 Å². The predicted octanol–water partition coefficient (Wildman–Crippen LogP) is 3.37. The van der Waals surface area contributed by atoms with E-state index in [4.69, 9.17) is 13.9 Å². The number of benzene rings is 1. The molecule has 0 unspecified atom stereocenters. The number of Topliss-reactive ketones (excluding diaryl/α,β-unsaturated/α-hetero) is 1. The van der Waals surface area contributed by atoms with Gasteiger partial charge in [0.15, 0.2) is 11.5 Å². The van der Waals surface area contributed by atoms with Gasteiger partial charge in [-0.25, -0.2) is 0 Å². The Morgan fingerprint density at radius 3 is 2.73 bits per heavy atom. The Morgan fingerprint density at radius 2 is 2.00 bits per heavy atom. The van der Waals surface area contributed by atoms with Gasteiger partial charge in [0.2, 0.25) is 5.78 Å². The summed E-state index contributed by atoms with van der Waals surface area (Å²) in [5.74, 6) is -0.815. The van der Waals surface area contributed by atoms with E-state index >= 15 is 0 Å². The van der Waals surface area contributed by atoms with E-state index < -0.39 is 23.5 Å². The topological polar surface area (TPSA) is 92.5 Å². The molecule has 2 aliphatic rings. The van der Waals surface area contributed by atoms with Gasteiger partial charge in [0.25, 0.3) is 5.91 Å². The normalized spacial score (nSPS) is 19.4. The smallest absolute Gasteiger partial charge is 0.290 e. The van der Waals surface area contributed by atoms with E-state index in [0.29, 0.717) is 44.1 Å². The van der Waals surface area contributed by atoms with Crippen molar-refractivity contribution < 1.29 is 28.6 Å². The van der Waals surface area contributed by atoms with Gasteiger partial charge in [-0.05, 0) is 42.7 Å². The van der Waals surface area contributed by atoms with Crippen LogP contribution in [0.25, 0.3) is 0 Å². The van der Waals surface area contributed by atoms with Crippen molar-refractivity contribution in [3.05, 3.63) is 65.3 Å². The summed E-state index contributed by atoms with van der Waals surface area (Å²) < 4.78 is 16.4. The molecule has 0 bridgehead atoms. The van der Waals surface area contributed by atoms with Crippen LogP contribution in [0.5, 0.6) is 5.75 Å². The van der Waals surface area contributed by atoms with Crippen molar-refractivity contribution in [1.29, 1.82) is 0 Å². The number of carbonyl (C=O) groups excluding carboxylic acids is 2. The first-order chi connectivity index (χ1) is 16.1. The first-order valence-electron chi connectivity index (χ1n) is 11.4. The quantitative estimate of drug-likeness (QED) is 0.550. The monoisotopic (exact) mass is 454 g/mol. The second-order valence-corrected chi connectivity index (χ2v) is 8.20. The number of aliphatic hydroxyl groups excluding tert-OH is 1. The van der Waals surface area contributed by atoms with E-state index in [1.54, 1.807) is 11.0 Å². The number of amides is 1. The molecule has 2 aromatic rings. The molecule has 8 nitrogen and oxygen atoms in total. The molecule has 1 amide bonds. The van der Waals surface area contributed by atoms with Crippen LogP contribution in [-0.4, -0.2) is 72.6 Å². The van der Waals surface area contributed by atoms with Crippen molar-refractivity contribution >= 4 is 11.7 Å². The third-order valence-corrected chi connectivity index (χ3v) is 5.92. The molecule has 2 aliphatic heterocycles. The molecule has 1 atom stereocenters. The lowest BCUT2D eigenvalue weighted by molar-refractivity contribution is -0.129. The Bertz CT molecular complexity index is 994. The Balaban J connectivity index is 1.61. The van der Waals surface area contributed by atoms with Crippen LogP contribution >= 0.6 is 0 Å². The fourth-order valence-corrected chi connectivity index (χ4v) is 4.29. The predicted molar refractivity (Wildman–Crippen MR) is 121 cm³/mol. The Morgan fingerprint density at radius 1 is 1.18 bits per heavy atom. The molecule has 8 heteroatoms. The molecule has 3 heterocycles. The Hall–Kier alpha value is -3.10. The first-order valence-corrected chi connectivity index (χ1v) is 11.4. The van der Waals surface area contributed by atoms with Gasteiger partial charge < -0.3 is 23.9 Å². The molecule has 1 aromatic carbocycles. The SMILES string of the molecule is CCCOc1cccc([C@@H]2C(C(=O)c3ccco3)=C(O)C(=O)N2CCCN2CCOCC2)c1. The minimum absolute atomic E-state index is 0.0361. The average Bonchev–Trinajstić information content (AvgIpc) is 3.46. The standard InChI is InChI=1S/C25H30N2O6/c1-2-13-32-19-7-3-6-18(17-19)22-21(23(28)20-8-4-14-33-20)24(29)25(30)27(22)10-5-9-26-11-15-31-16-12-26/h3-4,6-8,14,17,22,29H,2,5,9-13,15-16H2,1H3/t22-/m1/s1. The lowest BCUT2D eigenvalue weighted by Gasteiger charge is -2.30. The van der Waals surface area contributed by atoms with Crippen LogP contribution in [-0.2, 0) is 9.53 Å². The van der Waals surface area contributed by atoms with Crippen molar-refractivity contribution in [1.82, 2.24) is 9.80 Å². The molecule has 0 saturated carbocycles. The zero-order valence-corrected chi connectivity index (χ0v) is 18.9. The molecule has 0 aliphatic carbocycles. The second kappa shape index (κ2) is 10.7. The number of hydrogen-bond acceptors (Lipinski definition) is 7. The largest absolute Gasteiger partial charge is 0.503 e. The maximum Gasteiger partial charge on any atom is 0.290 e. The first kappa shape index (κ1) is 23.1. The highest BCUT2D eigenvalue weighted by atomic mass is 16.5. The van der Waals surface area contributed by atoms with E-state index in [9.17, 15) is 14.7 Å². The fraction of sp³-hybridized carbons (Fsp3) is 0.440. The van der Waals surface area contributed by atoms with Crippen LogP contribution in [0, 0.1) is 0 Å². The summed E-state index contributed by atoms with van der Waals surface area (Å²) in [5.41, 5.74) is 0.747. The number of ketones is 1. The van der Waals surface area contributed by atoms with Gasteiger partial charge in [-0.2, -0.15) is 0 Å². The van der Waals surface area contributed by atoms with E-state index in [-0.39, 0.29) is 11.3 Å². The number of morpholine rings is 1. The number of nitrogens with zero attached hydrogens (tertiary/aromatic N) is 2. The highest BCUT2D eigenvalue weighted by molar-refractivity contribution is 6.15. The van der Waals surface area contributed by atoms with Gasteiger partial charge in [0.1, 0.15) is 5.75 Å². The maximum absolute atomic E-state index is 13.2. The van der Waals surface area contributed by atoms with Crippen LogP contribution in [0.3, 0.4) is 0 Å². The number of rotatable bonds is 10. The van der Waals surface area contributed by atoms with Crippen molar-refractivity contribution in [2.24, 2.45) is 0 Å². The number of ether oxygens (including phenoxy) is 2. The number of aliphatic hydroxyl groups is 1. The van der Waals surface area contributed by atoms with Crippen LogP contribution in [0.15, 0.2) is 58.4 Å². The molecular weight excluding hydrogens is 424 g/mol. The van der Waals surface area contributed by atoms with Gasteiger partial charge >= 0.3 is 0 Å². The van der Waals surface area contributed by atoms with E-state index in [0.717, 1.165) is 26.1 Å². The Kier molecular flexibility index (Phi) is 7.47. The molecule has 33 heavy (non-hydrogen) atoms. The van der Waals surface area contributed by atoms with E-state index in [2.05, 4.69) is 4.90 Å². The summed E-state index contributed by atoms with van der Waals surface area (Å²) in [6.07, 6.45) is 2.97. The molecule has 0 radical (unpaired) electrons. The van der Waals surface area contributed by atoms with E-state index in [1.807, 2.05) is 31.2 Å². The van der Waals surface area contributed by atoms with Gasteiger partial charge in [-0.1, -0.05) is 19.1 Å². The van der Waals surface area contributed by atoms with Gasteiger partial charge in [0, 0.05) is 26.2 Å². The molecular formula is C25H30N2O6. The summed E-state index contributed by atoms with van der Waals surface area (Å²) in [6, 6.07) is 9.78. The zero-order valence-electron chi connectivity index (χ0n) is 18.9. The minimum Gasteiger partial charge on any atom is -0.503 e. The summed E-state index contributed by atoms with van der Waals surface area (Å²) >= 11 is 0. The van der Waals surface area contributed by atoms with Crippen LogP contribution in [0.2, 0.25) is 0 Å². The lowest BCUT2D eigenvalue weighted by Crippen LogP contribution is -2.39. The second-order valence-electron chi connectivity index (χ2n) is 8.20. The number of furan rings is 1. The third-order valence-electron chi connectivity index (χ3n) is 5.92. The lowest BCUT2D eigenvalue weighted by atomic mass is 9.95. The van der Waals surface area contributed by atoms with Crippen LogP contribution < -0.4 is 4.74 Å². The number of carbonyl (C=O) groups is 2. The van der Waals surface area contributed by atoms with Crippen LogP contribution in [0.1, 0.15) is 41.9 Å². The van der Waals surface area contributed by atoms with Gasteiger partial charge in [-0.3, -0.25) is 14.5 Å². The van der Waals surface area contributed by atoms with E-state index in [1.165, 1.54) is 12.3 Å². The highest BCUT2D eigenvalue weighted by Gasteiger charge is 2.44. The summed E-state index contributed by atoms with van der Waals surface area (Å²) in [7, 11) is 0. The van der Waals surface area contributed by atoms with Gasteiger partial charge in [0.05, 0.1) is 37.7 Å². The summed E-state index contributed by atoms with van der Waals surface area (Å²) in [6.45, 7) is 6.94. The van der Waals surface area contributed by atoms with Crippen molar-refractivity contribution in [2.75, 3.05) is 46.0 Å². The van der Waals surface area contributed by atoms with Crippen molar-refractivity contribution in [3.8, 4) is 5.75 Å². The van der Waals surface area contributed by atoms with Crippen molar-refractivity contribution in [3.63, 3.8) is 0 Å². The molecule has 1 aromatic heterocycles. The van der Waals surface area contributed by atoms with Crippen molar-refractivity contribution in [2.45, 2.75) is 25.8 Å². The Labute approximate surface area is 193 Å². The molecule has 4 rings (SSSR count). The molecule has 1 saturated heterocycles. The number of hydrogen-bond donors (Lipinski definition) is 1. The molecule has 0 spiro atoms. The summed E-state index contributed by atoms with van der Waals surface area (Å²) in [4.78, 5) is 30.2.